The fraction of sp³-hybridized carbons (Fsp3) is 0.455. The maximum absolute atomic E-state index is 5.37. The van der Waals surface area contributed by atoms with Crippen LogP contribution in [0.2, 0.25) is 0 Å². The van der Waals surface area contributed by atoms with Gasteiger partial charge in [-0.2, -0.15) is 0 Å². The molecule has 0 aliphatic heterocycles. The molecule has 14 heavy (non-hydrogen) atoms. The van der Waals surface area contributed by atoms with E-state index in [4.69, 9.17) is 4.74 Å². The minimum absolute atomic E-state index is 0.346. The van der Waals surface area contributed by atoms with Gasteiger partial charge in [0.25, 0.3) is 0 Å². The van der Waals surface area contributed by atoms with Crippen molar-refractivity contribution < 1.29 is 4.74 Å². The molecule has 1 aromatic rings. The van der Waals surface area contributed by atoms with Gasteiger partial charge in [0.15, 0.2) is 0 Å². The zero-order valence-electron chi connectivity index (χ0n) is 8.34. The summed E-state index contributed by atoms with van der Waals surface area (Å²) in [5, 5.41) is 0. The van der Waals surface area contributed by atoms with Crippen LogP contribution in [0.3, 0.4) is 0 Å². The van der Waals surface area contributed by atoms with Gasteiger partial charge in [-0.05, 0) is 24.6 Å². The molecule has 0 aliphatic carbocycles. The Morgan fingerprint density at radius 3 is 2.21 bits per heavy atom. The van der Waals surface area contributed by atoms with Gasteiger partial charge in [-0.1, -0.05) is 50.9 Å². The Bertz CT molecular complexity index is 269. The van der Waals surface area contributed by atoms with Crippen molar-refractivity contribution in [2.75, 3.05) is 6.61 Å². The molecule has 0 heterocycles. The average Bonchev–Trinajstić information content (AvgIpc) is 2.18. The van der Waals surface area contributed by atoms with E-state index in [-0.39, 0.29) is 0 Å². The van der Waals surface area contributed by atoms with Crippen molar-refractivity contribution in [3.8, 4) is 5.75 Å². The zero-order chi connectivity index (χ0) is 10.6. The molecule has 1 nitrogen and oxygen atoms in total. The third kappa shape index (κ3) is 3.28. The second-order valence-electron chi connectivity index (χ2n) is 3.08. The number of benzene rings is 1. The summed E-state index contributed by atoms with van der Waals surface area (Å²) < 4.78 is 5.37. The Balaban J connectivity index is 2.72. The van der Waals surface area contributed by atoms with Crippen LogP contribution in [0.1, 0.15) is 24.2 Å². The van der Waals surface area contributed by atoms with Gasteiger partial charge in [0.05, 0.1) is 11.4 Å². The number of halogens is 2. The SMILES string of the molecule is CCOc1ccc(C(Br)C(C)Br)cc1. The Labute approximate surface area is 102 Å². The quantitative estimate of drug-likeness (QED) is 0.751. The molecule has 0 spiro atoms. The molecule has 0 bridgehead atoms. The molecule has 0 saturated carbocycles. The second kappa shape index (κ2) is 5.76. The third-order valence-corrected chi connectivity index (χ3v) is 4.47. The molecule has 0 fully saturated rings. The van der Waals surface area contributed by atoms with Crippen molar-refractivity contribution in [3.63, 3.8) is 0 Å². The smallest absolute Gasteiger partial charge is 0.119 e. The first-order valence-electron chi connectivity index (χ1n) is 4.66. The third-order valence-electron chi connectivity index (χ3n) is 1.91. The van der Waals surface area contributed by atoms with Gasteiger partial charge in [-0.3, -0.25) is 0 Å². The fourth-order valence-corrected chi connectivity index (χ4v) is 1.79. The van der Waals surface area contributed by atoms with E-state index in [2.05, 4.69) is 50.9 Å². The van der Waals surface area contributed by atoms with E-state index in [1.165, 1.54) is 5.56 Å². The normalized spacial score (nSPS) is 14.9. The largest absolute Gasteiger partial charge is 0.494 e. The van der Waals surface area contributed by atoms with Crippen LogP contribution in [0, 0.1) is 0 Å². The van der Waals surface area contributed by atoms with E-state index < -0.39 is 0 Å². The molecule has 0 amide bonds. The van der Waals surface area contributed by atoms with E-state index in [1.54, 1.807) is 0 Å². The number of ether oxygens (including phenoxy) is 1. The van der Waals surface area contributed by atoms with E-state index in [0.29, 0.717) is 16.3 Å². The van der Waals surface area contributed by atoms with Crippen molar-refractivity contribution in [1.82, 2.24) is 0 Å². The Hall–Kier alpha value is -0.0200. The van der Waals surface area contributed by atoms with Gasteiger partial charge in [0, 0.05) is 4.83 Å². The summed E-state index contributed by atoms with van der Waals surface area (Å²) in [6, 6.07) is 8.18. The molecule has 0 radical (unpaired) electrons. The van der Waals surface area contributed by atoms with Crippen molar-refractivity contribution in [3.05, 3.63) is 29.8 Å². The predicted molar refractivity (Wildman–Crippen MR) is 67.7 cm³/mol. The minimum atomic E-state index is 0.346. The highest BCUT2D eigenvalue weighted by Gasteiger charge is 2.12. The van der Waals surface area contributed by atoms with Gasteiger partial charge < -0.3 is 4.74 Å². The summed E-state index contributed by atoms with van der Waals surface area (Å²) in [5.41, 5.74) is 1.26. The van der Waals surface area contributed by atoms with Gasteiger partial charge in [0.2, 0.25) is 0 Å². The van der Waals surface area contributed by atoms with Crippen molar-refractivity contribution >= 4 is 31.9 Å². The van der Waals surface area contributed by atoms with Crippen LogP contribution in [0.25, 0.3) is 0 Å². The first kappa shape index (κ1) is 12.1. The van der Waals surface area contributed by atoms with Gasteiger partial charge in [-0.15, -0.1) is 0 Å². The Kier molecular flexibility index (Phi) is 4.96. The molecular formula is C11H14Br2O. The molecule has 1 aromatic carbocycles. The number of hydrogen-bond donors (Lipinski definition) is 0. The lowest BCUT2D eigenvalue weighted by molar-refractivity contribution is 0.340. The van der Waals surface area contributed by atoms with E-state index in [9.17, 15) is 0 Å². The van der Waals surface area contributed by atoms with Crippen molar-refractivity contribution in [2.24, 2.45) is 0 Å². The van der Waals surface area contributed by atoms with Gasteiger partial charge in [0.1, 0.15) is 5.75 Å². The average molecular weight is 322 g/mol. The van der Waals surface area contributed by atoms with Crippen LogP contribution in [0.15, 0.2) is 24.3 Å². The maximum Gasteiger partial charge on any atom is 0.119 e. The van der Waals surface area contributed by atoms with Crippen molar-refractivity contribution in [1.29, 1.82) is 0 Å². The lowest BCUT2D eigenvalue weighted by atomic mass is 10.1. The standard InChI is InChI=1S/C11H14Br2O/c1-3-14-10-6-4-9(5-7-10)11(13)8(2)12/h4-8,11H,3H2,1-2H3. The lowest BCUT2D eigenvalue weighted by Crippen LogP contribution is -2.01. The van der Waals surface area contributed by atoms with E-state index in [1.807, 2.05) is 19.1 Å². The second-order valence-corrected chi connectivity index (χ2v) is 5.51. The summed E-state index contributed by atoms with van der Waals surface area (Å²) in [4.78, 5) is 0.763. The van der Waals surface area contributed by atoms with Gasteiger partial charge >= 0.3 is 0 Å². The molecule has 0 aromatic heterocycles. The van der Waals surface area contributed by atoms with Crippen LogP contribution in [0.4, 0.5) is 0 Å². The van der Waals surface area contributed by atoms with Crippen molar-refractivity contribution in [2.45, 2.75) is 23.5 Å². The molecular weight excluding hydrogens is 308 g/mol. The fourth-order valence-electron chi connectivity index (χ4n) is 1.18. The zero-order valence-corrected chi connectivity index (χ0v) is 11.5. The highest BCUT2D eigenvalue weighted by Crippen LogP contribution is 2.31. The Morgan fingerprint density at radius 1 is 1.21 bits per heavy atom. The summed E-state index contributed by atoms with van der Waals surface area (Å²) in [7, 11) is 0. The van der Waals surface area contributed by atoms with Crippen LogP contribution in [0.5, 0.6) is 5.75 Å². The molecule has 1 rings (SSSR count). The van der Waals surface area contributed by atoms with E-state index in [0.717, 1.165) is 5.75 Å². The molecule has 78 valence electrons. The Morgan fingerprint density at radius 2 is 1.79 bits per heavy atom. The number of hydrogen-bond acceptors (Lipinski definition) is 1. The highest BCUT2D eigenvalue weighted by atomic mass is 79.9. The summed E-state index contributed by atoms with van der Waals surface area (Å²) >= 11 is 7.17. The number of alkyl halides is 2. The van der Waals surface area contributed by atoms with Crippen LogP contribution in [-0.4, -0.2) is 11.4 Å². The van der Waals surface area contributed by atoms with E-state index >= 15 is 0 Å². The maximum atomic E-state index is 5.37. The topological polar surface area (TPSA) is 9.23 Å². The predicted octanol–water partition coefficient (Wildman–Crippen LogP) is 4.30. The molecule has 2 unspecified atom stereocenters. The molecule has 0 aliphatic rings. The number of rotatable bonds is 4. The van der Waals surface area contributed by atoms with Crippen LogP contribution >= 0.6 is 31.9 Å². The minimum Gasteiger partial charge on any atom is -0.494 e. The van der Waals surface area contributed by atoms with Crippen LogP contribution in [-0.2, 0) is 0 Å². The summed E-state index contributed by atoms with van der Waals surface area (Å²) in [5.74, 6) is 0.929. The van der Waals surface area contributed by atoms with Gasteiger partial charge in [-0.25, -0.2) is 0 Å². The molecule has 3 heteroatoms. The monoisotopic (exact) mass is 320 g/mol. The summed E-state index contributed by atoms with van der Waals surface area (Å²) in [6.45, 7) is 4.82. The molecule has 0 N–H and O–H groups in total. The molecule has 2 atom stereocenters. The molecule has 0 saturated heterocycles. The highest BCUT2D eigenvalue weighted by molar-refractivity contribution is 9.12. The first-order valence-corrected chi connectivity index (χ1v) is 6.49. The summed E-state index contributed by atoms with van der Waals surface area (Å²) in [6.07, 6.45) is 0. The lowest BCUT2D eigenvalue weighted by Gasteiger charge is -2.13. The van der Waals surface area contributed by atoms with Crippen LogP contribution < -0.4 is 4.74 Å². The first-order chi connectivity index (χ1) is 6.65.